The molecule has 0 radical (unpaired) electrons. The summed E-state index contributed by atoms with van der Waals surface area (Å²) >= 11 is 0. The Balaban J connectivity index is 1.71. The van der Waals surface area contributed by atoms with Crippen LogP contribution >= 0.6 is 0 Å². The van der Waals surface area contributed by atoms with Gasteiger partial charge in [-0.15, -0.1) is 0 Å². The lowest BCUT2D eigenvalue weighted by atomic mass is 9.94. The molecule has 114 valence electrons. The van der Waals surface area contributed by atoms with Crippen molar-refractivity contribution in [2.24, 2.45) is 5.92 Å². The molecule has 3 nitrogen and oxygen atoms in total. The van der Waals surface area contributed by atoms with Gasteiger partial charge in [-0.1, -0.05) is 31.9 Å². The largest absolute Gasteiger partial charge is 0.349 e. The predicted octanol–water partition coefficient (Wildman–Crippen LogP) is 3.03. The Kier molecular flexibility index (Phi) is 4.59. The zero-order valence-corrected chi connectivity index (χ0v) is 13.0. The summed E-state index contributed by atoms with van der Waals surface area (Å²) in [6.07, 6.45) is 7.00. The quantitative estimate of drug-likeness (QED) is 0.821. The molecular formula is C18H26N2O. The molecule has 1 aromatic rings. The van der Waals surface area contributed by atoms with Gasteiger partial charge in [0.05, 0.1) is 0 Å². The topological polar surface area (TPSA) is 41.1 Å². The van der Waals surface area contributed by atoms with Crippen LogP contribution in [0.5, 0.6) is 0 Å². The fourth-order valence-electron chi connectivity index (χ4n) is 3.64. The van der Waals surface area contributed by atoms with Crippen molar-refractivity contribution in [3.05, 3.63) is 34.9 Å². The van der Waals surface area contributed by atoms with Gasteiger partial charge in [-0.05, 0) is 55.3 Å². The number of carbonyl (C=O) groups excluding carboxylic acids is 1. The molecule has 1 saturated carbocycles. The van der Waals surface area contributed by atoms with Crippen molar-refractivity contribution in [2.75, 3.05) is 6.54 Å². The van der Waals surface area contributed by atoms with Gasteiger partial charge in [-0.3, -0.25) is 4.79 Å². The Labute approximate surface area is 127 Å². The molecule has 0 bridgehead atoms. The van der Waals surface area contributed by atoms with Crippen LogP contribution in [0.3, 0.4) is 0 Å². The Hall–Kier alpha value is -1.35. The molecule has 0 aromatic heterocycles. The van der Waals surface area contributed by atoms with Crippen molar-refractivity contribution in [1.82, 2.24) is 10.6 Å². The highest BCUT2D eigenvalue weighted by Crippen LogP contribution is 2.24. The van der Waals surface area contributed by atoms with Crippen LogP contribution in [-0.2, 0) is 13.0 Å². The van der Waals surface area contributed by atoms with Crippen LogP contribution in [0.2, 0.25) is 0 Å². The molecule has 1 heterocycles. The Morgan fingerprint density at radius 2 is 2.14 bits per heavy atom. The van der Waals surface area contributed by atoms with Gasteiger partial charge in [0.25, 0.3) is 5.91 Å². The molecule has 1 amide bonds. The van der Waals surface area contributed by atoms with E-state index in [1.165, 1.54) is 30.4 Å². The van der Waals surface area contributed by atoms with Crippen molar-refractivity contribution < 1.29 is 4.79 Å². The van der Waals surface area contributed by atoms with Crippen LogP contribution in [0.4, 0.5) is 0 Å². The number of rotatable bonds is 2. The van der Waals surface area contributed by atoms with E-state index in [2.05, 4.69) is 23.6 Å². The maximum absolute atomic E-state index is 12.6. The van der Waals surface area contributed by atoms with Crippen molar-refractivity contribution in [3.63, 3.8) is 0 Å². The van der Waals surface area contributed by atoms with Crippen molar-refractivity contribution >= 4 is 5.91 Å². The highest BCUT2D eigenvalue weighted by molar-refractivity contribution is 5.96. The summed E-state index contributed by atoms with van der Waals surface area (Å²) in [7, 11) is 0. The van der Waals surface area contributed by atoms with Gasteiger partial charge in [0.2, 0.25) is 0 Å². The van der Waals surface area contributed by atoms with E-state index in [0.29, 0.717) is 6.04 Å². The van der Waals surface area contributed by atoms with E-state index in [0.717, 1.165) is 43.8 Å². The smallest absolute Gasteiger partial charge is 0.251 e. The van der Waals surface area contributed by atoms with E-state index in [1.807, 2.05) is 12.1 Å². The number of fused-ring (bicyclic) bond motifs is 1. The highest BCUT2D eigenvalue weighted by Gasteiger charge is 2.21. The first-order valence-corrected chi connectivity index (χ1v) is 8.36. The Morgan fingerprint density at radius 1 is 1.24 bits per heavy atom. The van der Waals surface area contributed by atoms with E-state index in [9.17, 15) is 4.79 Å². The number of hydrogen-bond donors (Lipinski definition) is 2. The molecule has 0 saturated heterocycles. The van der Waals surface area contributed by atoms with E-state index in [1.54, 1.807) is 0 Å². The first-order valence-electron chi connectivity index (χ1n) is 8.36. The molecule has 1 fully saturated rings. The van der Waals surface area contributed by atoms with E-state index >= 15 is 0 Å². The maximum atomic E-state index is 12.6. The summed E-state index contributed by atoms with van der Waals surface area (Å²) in [6, 6.07) is 6.49. The van der Waals surface area contributed by atoms with E-state index < -0.39 is 0 Å². The highest BCUT2D eigenvalue weighted by atomic mass is 16.1. The summed E-state index contributed by atoms with van der Waals surface area (Å²) in [4.78, 5) is 12.6. The van der Waals surface area contributed by atoms with Crippen LogP contribution in [0, 0.1) is 5.92 Å². The molecule has 3 heteroatoms. The molecule has 2 N–H and O–H groups in total. The van der Waals surface area contributed by atoms with Gasteiger partial charge in [0, 0.05) is 18.2 Å². The molecule has 1 aliphatic heterocycles. The van der Waals surface area contributed by atoms with Crippen LogP contribution in [-0.4, -0.2) is 18.5 Å². The molecular weight excluding hydrogens is 260 g/mol. The Morgan fingerprint density at radius 3 is 3.05 bits per heavy atom. The molecule has 3 rings (SSSR count). The Bertz CT molecular complexity index is 512. The number of nitrogens with one attached hydrogen (secondary N) is 2. The first kappa shape index (κ1) is 14.6. The molecule has 2 unspecified atom stereocenters. The zero-order chi connectivity index (χ0) is 14.7. The lowest BCUT2D eigenvalue weighted by Gasteiger charge is -2.22. The molecule has 21 heavy (non-hydrogen) atoms. The van der Waals surface area contributed by atoms with Gasteiger partial charge in [0.15, 0.2) is 0 Å². The van der Waals surface area contributed by atoms with Crippen molar-refractivity contribution in [1.29, 1.82) is 0 Å². The van der Waals surface area contributed by atoms with Crippen molar-refractivity contribution in [3.8, 4) is 0 Å². The second-order valence-corrected chi connectivity index (χ2v) is 6.65. The van der Waals surface area contributed by atoms with Gasteiger partial charge in [-0.2, -0.15) is 0 Å². The second kappa shape index (κ2) is 6.61. The van der Waals surface area contributed by atoms with Gasteiger partial charge in [0.1, 0.15) is 0 Å². The van der Waals surface area contributed by atoms with Gasteiger partial charge in [-0.25, -0.2) is 0 Å². The number of amides is 1. The molecule has 1 aliphatic carbocycles. The average Bonchev–Trinajstić information content (AvgIpc) is 2.71. The molecule has 0 spiro atoms. The maximum Gasteiger partial charge on any atom is 0.251 e. The lowest BCUT2D eigenvalue weighted by Crippen LogP contribution is -2.36. The van der Waals surface area contributed by atoms with Crippen LogP contribution < -0.4 is 10.6 Å². The first-order chi connectivity index (χ1) is 10.2. The zero-order valence-electron chi connectivity index (χ0n) is 13.0. The number of benzene rings is 1. The third kappa shape index (κ3) is 3.46. The molecule has 1 aromatic carbocycles. The average molecular weight is 286 g/mol. The van der Waals surface area contributed by atoms with Crippen LogP contribution in [0.25, 0.3) is 0 Å². The normalized spacial score (nSPS) is 25.8. The third-order valence-corrected chi connectivity index (χ3v) is 4.98. The lowest BCUT2D eigenvalue weighted by molar-refractivity contribution is 0.0932. The number of carbonyl (C=O) groups is 1. The monoisotopic (exact) mass is 286 g/mol. The second-order valence-electron chi connectivity index (χ2n) is 6.65. The van der Waals surface area contributed by atoms with Gasteiger partial charge >= 0.3 is 0 Å². The SMILES string of the molecule is CC1CCCC(NC(=O)c2cccc3c2CCNC3)CC1. The third-order valence-electron chi connectivity index (χ3n) is 4.98. The minimum atomic E-state index is 0.133. The van der Waals surface area contributed by atoms with E-state index in [-0.39, 0.29) is 5.91 Å². The number of hydrogen-bond acceptors (Lipinski definition) is 2. The summed E-state index contributed by atoms with van der Waals surface area (Å²) in [5.74, 6) is 0.941. The summed E-state index contributed by atoms with van der Waals surface area (Å²) in [5.41, 5.74) is 3.42. The van der Waals surface area contributed by atoms with E-state index in [4.69, 9.17) is 0 Å². The fourth-order valence-corrected chi connectivity index (χ4v) is 3.64. The standard InChI is InChI=1S/C18H26N2O/c1-13-4-2-6-15(9-8-13)20-18(21)17-7-3-5-14-12-19-11-10-16(14)17/h3,5,7,13,15,19H,2,4,6,8-12H2,1H3,(H,20,21). The van der Waals surface area contributed by atoms with Crippen molar-refractivity contribution in [2.45, 2.75) is 58.0 Å². The fraction of sp³-hybridized carbons (Fsp3) is 0.611. The molecule has 2 atom stereocenters. The van der Waals surface area contributed by atoms with Crippen LogP contribution in [0.1, 0.15) is 60.5 Å². The summed E-state index contributed by atoms with van der Waals surface area (Å²) < 4.78 is 0. The molecule has 2 aliphatic rings. The summed E-state index contributed by atoms with van der Waals surface area (Å²) in [6.45, 7) is 4.18. The minimum Gasteiger partial charge on any atom is -0.349 e. The van der Waals surface area contributed by atoms with Gasteiger partial charge < -0.3 is 10.6 Å². The summed E-state index contributed by atoms with van der Waals surface area (Å²) in [5, 5.41) is 6.66. The predicted molar refractivity (Wildman–Crippen MR) is 85.4 cm³/mol. The minimum absolute atomic E-state index is 0.133. The van der Waals surface area contributed by atoms with Crippen LogP contribution in [0.15, 0.2) is 18.2 Å².